The fourth-order valence-corrected chi connectivity index (χ4v) is 11.2. The van der Waals surface area contributed by atoms with Crippen LogP contribution in [0.5, 0.6) is 0 Å². The molecular formula is C26H34N10O10P2S. The molecule has 264 valence electrons. The van der Waals surface area contributed by atoms with Gasteiger partial charge in [0.05, 0.1) is 38.1 Å². The largest absolute Gasteiger partial charge is 0.388 e. The SMILES string of the molecule is CCO[P@]1(=O)CCC23C[C@@H]2[C@@H](n2cnc4c(N)ncnc42)[C@H](O)[C@@H]3O[P@@](=O)(S)OC[C@H]2O[C@@H](n3cnc4c(=O)[nH]c(N)nc43)[C@H](O1)[C@@H]2OC. The molecule has 23 heteroatoms. The van der Waals surface area contributed by atoms with Crippen molar-refractivity contribution in [3.63, 3.8) is 0 Å². The molecule has 2 bridgehead atoms. The number of aromatic amines is 1. The Kier molecular flexibility index (Phi) is 7.99. The van der Waals surface area contributed by atoms with Crippen molar-refractivity contribution in [3.8, 4) is 0 Å². The molecule has 0 radical (unpaired) electrons. The van der Waals surface area contributed by atoms with E-state index in [0.717, 1.165) is 0 Å². The molecule has 2 saturated heterocycles. The number of aromatic nitrogens is 8. The van der Waals surface area contributed by atoms with E-state index < -0.39 is 68.2 Å². The molecular weight excluding hydrogens is 706 g/mol. The van der Waals surface area contributed by atoms with Crippen LogP contribution < -0.4 is 17.0 Å². The monoisotopic (exact) mass is 740 g/mol. The Morgan fingerprint density at radius 3 is 2.69 bits per heavy atom. The Bertz CT molecular complexity index is 2100. The molecule has 2 saturated carbocycles. The normalized spacial score (nSPS) is 39.3. The summed E-state index contributed by atoms with van der Waals surface area (Å²) in [6.07, 6.45) is -1.68. The van der Waals surface area contributed by atoms with Crippen LogP contribution >= 0.6 is 26.6 Å². The Balaban J connectivity index is 1.18. The summed E-state index contributed by atoms with van der Waals surface area (Å²) in [5.41, 5.74) is 11.3. The molecule has 11 atom stereocenters. The second-order valence-electron chi connectivity index (χ2n) is 12.5. The molecule has 0 amide bonds. The lowest BCUT2D eigenvalue weighted by molar-refractivity contribution is -0.0550. The fourth-order valence-electron chi connectivity index (χ4n) is 7.75. The highest BCUT2D eigenvalue weighted by Crippen LogP contribution is 2.74. The van der Waals surface area contributed by atoms with Crippen LogP contribution in [0.2, 0.25) is 0 Å². The minimum Gasteiger partial charge on any atom is -0.388 e. The zero-order valence-electron chi connectivity index (χ0n) is 26.1. The molecule has 1 spiro atoms. The van der Waals surface area contributed by atoms with Gasteiger partial charge < -0.3 is 35.1 Å². The van der Waals surface area contributed by atoms with Crippen molar-refractivity contribution in [2.24, 2.45) is 11.3 Å². The van der Waals surface area contributed by atoms with Gasteiger partial charge in [-0.2, -0.15) is 4.98 Å². The number of aliphatic hydroxyl groups is 1. The van der Waals surface area contributed by atoms with Gasteiger partial charge in [0, 0.05) is 12.5 Å². The van der Waals surface area contributed by atoms with Crippen molar-refractivity contribution in [1.29, 1.82) is 0 Å². The van der Waals surface area contributed by atoms with E-state index >= 15 is 0 Å². The maximum absolute atomic E-state index is 14.7. The van der Waals surface area contributed by atoms with Crippen molar-refractivity contribution < 1.29 is 41.8 Å². The summed E-state index contributed by atoms with van der Waals surface area (Å²) in [5.74, 6) is -0.207. The Hall–Kier alpha value is -2.97. The predicted molar refractivity (Wildman–Crippen MR) is 174 cm³/mol. The summed E-state index contributed by atoms with van der Waals surface area (Å²) in [6, 6.07) is -0.614. The summed E-state index contributed by atoms with van der Waals surface area (Å²) in [5, 5.41) is 11.8. The summed E-state index contributed by atoms with van der Waals surface area (Å²) in [6.45, 7) is -2.82. The summed E-state index contributed by atoms with van der Waals surface area (Å²) in [4.78, 5) is 36.0. The van der Waals surface area contributed by atoms with E-state index in [1.54, 1.807) is 11.5 Å². The van der Waals surface area contributed by atoms with E-state index in [4.69, 9.17) is 39.0 Å². The van der Waals surface area contributed by atoms with Gasteiger partial charge in [0.25, 0.3) is 5.56 Å². The van der Waals surface area contributed by atoms with Crippen LogP contribution in [0.3, 0.4) is 0 Å². The summed E-state index contributed by atoms with van der Waals surface area (Å²) in [7, 11) is -2.56. The number of anilines is 2. The van der Waals surface area contributed by atoms with E-state index in [0.29, 0.717) is 17.6 Å². The van der Waals surface area contributed by atoms with Crippen LogP contribution in [-0.4, -0.2) is 101 Å². The Morgan fingerprint density at radius 1 is 1.14 bits per heavy atom. The lowest BCUT2D eigenvalue weighted by Gasteiger charge is -2.31. The molecule has 6 N–H and O–H groups in total. The molecule has 4 aromatic rings. The van der Waals surface area contributed by atoms with Crippen LogP contribution in [-0.2, 0) is 36.7 Å². The third kappa shape index (κ3) is 5.33. The lowest BCUT2D eigenvalue weighted by atomic mass is 9.96. The first-order valence-electron chi connectivity index (χ1n) is 15.5. The van der Waals surface area contributed by atoms with Gasteiger partial charge >= 0.3 is 14.4 Å². The van der Waals surface area contributed by atoms with E-state index in [9.17, 15) is 19.0 Å². The molecule has 0 aromatic carbocycles. The third-order valence-corrected chi connectivity index (χ3v) is 13.5. The molecule has 6 heterocycles. The number of H-pyrrole nitrogens is 1. The van der Waals surface area contributed by atoms with Gasteiger partial charge in [-0.05, 0) is 25.7 Å². The van der Waals surface area contributed by atoms with Crippen molar-refractivity contribution in [1.82, 2.24) is 39.0 Å². The number of hydrogen-bond acceptors (Lipinski definition) is 17. The van der Waals surface area contributed by atoms with Gasteiger partial charge in [-0.3, -0.25) is 32.5 Å². The highest BCUT2D eigenvalue weighted by atomic mass is 32.7. The number of hydrogen-bond donors (Lipinski definition) is 5. The number of nitrogen functional groups attached to an aromatic ring is 2. The molecule has 8 rings (SSSR count). The van der Waals surface area contributed by atoms with E-state index in [1.807, 2.05) is 0 Å². The zero-order valence-corrected chi connectivity index (χ0v) is 28.8. The molecule has 2 aliphatic heterocycles. The zero-order chi connectivity index (χ0) is 34.5. The highest BCUT2D eigenvalue weighted by Gasteiger charge is 2.73. The fraction of sp³-hybridized carbons (Fsp3) is 0.615. The van der Waals surface area contributed by atoms with Gasteiger partial charge in [0.1, 0.15) is 42.4 Å². The van der Waals surface area contributed by atoms with Crippen LogP contribution in [0.25, 0.3) is 22.3 Å². The number of aliphatic hydroxyl groups excluding tert-OH is 1. The maximum atomic E-state index is 14.7. The van der Waals surface area contributed by atoms with Gasteiger partial charge in [0.15, 0.2) is 28.9 Å². The number of rotatable bonds is 5. The van der Waals surface area contributed by atoms with Crippen LogP contribution in [0.15, 0.2) is 23.8 Å². The van der Waals surface area contributed by atoms with Gasteiger partial charge in [-0.25, -0.2) is 24.5 Å². The molecule has 4 fully saturated rings. The van der Waals surface area contributed by atoms with Crippen LogP contribution in [0.1, 0.15) is 32.0 Å². The third-order valence-electron chi connectivity index (χ3n) is 9.92. The number of imidazole rings is 2. The second kappa shape index (κ2) is 11.8. The average Bonchev–Trinajstić information content (AvgIpc) is 3.35. The predicted octanol–water partition coefficient (Wildman–Crippen LogP) is 1.42. The average molecular weight is 741 g/mol. The lowest BCUT2D eigenvalue weighted by Crippen LogP contribution is -2.37. The summed E-state index contributed by atoms with van der Waals surface area (Å²) >= 11 is 4.29. The number of methoxy groups -OCH3 is 1. The molecule has 2 aliphatic carbocycles. The smallest absolute Gasteiger partial charge is 0.386 e. The van der Waals surface area contributed by atoms with E-state index in [1.165, 1.54) is 30.7 Å². The number of ether oxygens (including phenoxy) is 2. The molecule has 20 nitrogen and oxygen atoms in total. The number of nitrogens with zero attached hydrogens (tertiary/aromatic N) is 7. The number of nitrogens with one attached hydrogen (secondary N) is 1. The van der Waals surface area contributed by atoms with Gasteiger partial charge in [0.2, 0.25) is 5.95 Å². The minimum atomic E-state index is -4.19. The maximum Gasteiger partial charge on any atom is 0.386 e. The van der Waals surface area contributed by atoms with E-state index in [2.05, 4.69) is 42.2 Å². The molecule has 1 unspecified atom stereocenters. The minimum absolute atomic E-state index is 0.0139. The number of thiol groups is 1. The molecule has 49 heavy (non-hydrogen) atoms. The Morgan fingerprint density at radius 2 is 1.92 bits per heavy atom. The standard InChI is InChI=1S/C26H34N10O10P2S/c1-3-42-47(39)5-4-26-6-11(26)15(35-9-31-13-20(27)29-8-30-21(13)35)16(37)19(26)46-48(40,49)43-7-12-17(41-2)18(45-47)24(44-12)36-10-32-14-22(36)33-25(28)34-23(14)38/h8-12,15-19,24,37H,3-7H2,1-2H3,(H,40,49)(H2,27,29,30)(H3,28,33,34,38)/t11-,12-,15-,16+,17-,18-,19+,24-,26?,47-,48+/m1/s1. The van der Waals surface area contributed by atoms with Crippen molar-refractivity contribution in [3.05, 3.63) is 29.3 Å². The highest BCUT2D eigenvalue weighted by molar-refractivity contribution is 8.44. The van der Waals surface area contributed by atoms with Crippen molar-refractivity contribution >= 4 is 60.7 Å². The molecule has 4 aliphatic rings. The number of fused-ring (bicyclic) bond motifs is 4. The van der Waals surface area contributed by atoms with Gasteiger partial charge in [-0.15, -0.1) is 0 Å². The first-order chi connectivity index (χ1) is 23.4. The number of nitrogens with two attached hydrogens (primary N) is 2. The topological polar surface area (TPSA) is 269 Å². The quantitative estimate of drug-likeness (QED) is 0.143. The first-order valence-corrected chi connectivity index (χ1v) is 19.9. The Labute approximate surface area is 282 Å². The van der Waals surface area contributed by atoms with Crippen LogP contribution in [0, 0.1) is 11.3 Å². The summed E-state index contributed by atoms with van der Waals surface area (Å²) < 4.78 is 67.9. The molecule has 4 aromatic heterocycles. The first kappa shape index (κ1) is 33.2. The van der Waals surface area contributed by atoms with E-state index in [-0.39, 0.29) is 54.6 Å². The van der Waals surface area contributed by atoms with Crippen molar-refractivity contribution in [2.45, 2.75) is 62.6 Å². The van der Waals surface area contributed by atoms with Crippen LogP contribution in [0.4, 0.5) is 11.8 Å². The van der Waals surface area contributed by atoms with Crippen molar-refractivity contribution in [2.75, 3.05) is 38.0 Å². The second-order valence-corrected chi connectivity index (χ2v) is 17.5. The van der Waals surface area contributed by atoms with Gasteiger partial charge in [-0.1, -0.05) is 12.2 Å².